The van der Waals surface area contributed by atoms with Gasteiger partial charge in [-0.25, -0.2) is 9.59 Å². The van der Waals surface area contributed by atoms with Gasteiger partial charge in [-0.2, -0.15) is 0 Å². The summed E-state index contributed by atoms with van der Waals surface area (Å²) in [7, 11) is 0. The molecule has 0 atom stereocenters. The van der Waals surface area contributed by atoms with Gasteiger partial charge in [-0.15, -0.1) is 0 Å². The van der Waals surface area contributed by atoms with Crippen LogP contribution in [0.3, 0.4) is 0 Å². The molecule has 0 aliphatic carbocycles. The van der Waals surface area contributed by atoms with E-state index in [-0.39, 0.29) is 5.57 Å². The monoisotopic (exact) mass is 274 g/mol. The molecule has 0 saturated carbocycles. The van der Waals surface area contributed by atoms with Gasteiger partial charge >= 0.3 is 11.9 Å². The summed E-state index contributed by atoms with van der Waals surface area (Å²) in [6.07, 6.45) is 3.58. The number of carbonyl (C=O) groups excluding carboxylic acids is 2. The Labute approximate surface area is 118 Å². The molecular weight excluding hydrogens is 256 g/mol. The Morgan fingerprint density at radius 3 is 2.10 bits per heavy atom. The number of aryl methyl sites for hydroxylation is 1. The number of hydrogen-bond donors (Lipinski definition) is 0. The van der Waals surface area contributed by atoms with Gasteiger partial charge in [-0.1, -0.05) is 37.6 Å². The summed E-state index contributed by atoms with van der Waals surface area (Å²) >= 11 is 0. The van der Waals surface area contributed by atoms with Gasteiger partial charge in [0.15, 0.2) is 0 Å². The van der Waals surface area contributed by atoms with Crippen LogP contribution in [0.4, 0.5) is 0 Å². The van der Waals surface area contributed by atoms with Gasteiger partial charge in [-0.3, -0.25) is 0 Å². The molecule has 20 heavy (non-hydrogen) atoms. The first-order valence-electron chi connectivity index (χ1n) is 6.68. The lowest BCUT2D eigenvalue weighted by Crippen LogP contribution is -2.41. The number of rotatable bonds is 3. The molecule has 4 nitrogen and oxygen atoms in total. The zero-order valence-electron chi connectivity index (χ0n) is 11.9. The number of cyclic esters (lactones) is 2. The summed E-state index contributed by atoms with van der Waals surface area (Å²) < 4.78 is 10.1. The van der Waals surface area contributed by atoms with E-state index in [9.17, 15) is 9.59 Å². The molecule has 1 aliphatic heterocycles. The number of esters is 2. The van der Waals surface area contributed by atoms with Gasteiger partial charge in [0.05, 0.1) is 0 Å². The summed E-state index contributed by atoms with van der Waals surface area (Å²) in [6.45, 7) is 5.17. The third kappa shape index (κ3) is 3.26. The maximum atomic E-state index is 11.8. The van der Waals surface area contributed by atoms with E-state index in [2.05, 4.69) is 6.92 Å². The topological polar surface area (TPSA) is 52.6 Å². The Hall–Kier alpha value is -2.10. The molecule has 0 unspecified atom stereocenters. The smallest absolute Gasteiger partial charge is 0.348 e. The van der Waals surface area contributed by atoms with Crippen LogP contribution >= 0.6 is 0 Å². The molecule has 0 radical (unpaired) electrons. The van der Waals surface area contributed by atoms with E-state index in [4.69, 9.17) is 9.47 Å². The zero-order valence-corrected chi connectivity index (χ0v) is 11.9. The van der Waals surface area contributed by atoms with Crippen molar-refractivity contribution in [2.45, 2.75) is 39.4 Å². The van der Waals surface area contributed by atoms with Crippen LogP contribution in [-0.4, -0.2) is 17.7 Å². The van der Waals surface area contributed by atoms with E-state index in [0.717, 1.165) is 18.4 Å². The average molecular weight is 274 g/mol. The minimum atomic E-state index is -1.20. The van der Waals surface area contributed by atoms with Gasteiger partial charge < -0.3 is 9.47 Å². The lowest BCUT2D eigenvalue weighted by Gasteiger charge is -2.29. The predicted octanol–water partition coefficient (Wildman–Crippen LogP) is 2.86. The highest BCUT2D eigenvalue weighted by atomic mass is 16.7. The molecular formula is C16H18O4. The fourth-order valence-corrected chi connectivity index (χ4v) is 2.01. The normalized spacial score (nSPS) is 17.4. The maximum absolute atomic E-state index is 11.8. The Kier molecular flexibility index (Phi) is 3.93. The van der Waals surface area contributed by atoms with Gasteiger partial charge in [0.2, 0.25) is 0 Å². The highest BCUT2D eigenvalue weighted by molar-refractivity contribution is 6.18. The highest BCUT2D eigenvalue weighted by Crippen LogP contribution is 2.24. The van der Waals surface area contributed by atoms with Crippen molar-refractivity contribution in [3.8, 4) is 0 Å². The Bertz CT molecular complexity index is 530. The Balaban J connectivity index is 2.22. The molecule has 4 heteroatoms. The molecule has 0 amide bonds. The molecule has 0 spiro atoms. The van der Waals surface area contributed by atoms with Crippen LogP contribution in [0.1, 0.15) is 38.3 Å². The predicted molar refractivity (Wildman–Crippen MR) is 74.7 cm³/mol. The second-order valence-electron chi connectivity index (χ2n) is 5.23. The molecule has 1 fully saturated rings. The summed E-state index contributed by atoms with van der Waals surface area (Å²) in [5.41, 5.74) is 1.92. The second-order valence-corrected chi connectivity index (χ2v) is 5.23. The van der Waals surface area contributed by atoms with Crippen LogP contribution in [0, 0.1) is 0 Å². The van der Waals surface area contributed by atoms with E-state index in [0.29, 0.717) is 0 Å². The molecule has 1 heterocycles. The van der Waals surface area contributed by atoms with Crippen molar-refractivity contribution in [3.05, 3.63) is 41.0 Å². The van der Waals surface area contributed by atoms with Crippen molar-refractivity contribution in [1.29, 1.82) is 0 Å². The number of ether oxygens (including phenoxy) is 2. The molecule has 1 saturated heterocycles. The van der Waals surface area contributed by atoms with E-state index in [1.807, 2.05) is 24.3 Å². The standard InChI is InChI=1S/C16H18O4/c1-4-5-11-6-8-12(9-7-11)10-13-14(17)19-16(2,3)20-15(13)18/h6-10H,4-5H2,1-3H3. The van der Waals surface area contributed by atoms with Gasteiger partial charge in [0.25, 0.3) is 5.79 Å². The minimum Gasteiger partial charge on any atom is -0.419 e. The van der Waals surface area contributed by atoms with Gasteiger partial charge in [-0.05, 0) is 23.6 Å². The lowest BCUT2D eigenvalue weighted by molar-refractivity contribution is -0.222. The van der Waals surface area contributed by atoms with Crippen molar-refractivity contribution in [2.75, 3.05) is 0 Å². The Morgan fingerprint density at radius 1 is 1.05 bits per heavy atom. The van der Waals surface area contributed by atoms with Crippen LogP contribution in [0.5, 0.6) is 0 Å². The van der Waals surface area contributed by atoms with Crippen molar-refractivity contribution in [3.63, 3.8) is 0 Å². The first-order valence-corrected chi connectivity index (χ1v) is 6.68. The molecule has 0 bridgehead atoms. The first-order chi connectivity index (χ1) is 9.41. The van der Waals surface area contributed by atoms with E-state index >= 15 is 0 Å². The molecule has 2 rings (SSSR count). The fourth-order valence-electron chi connectivity index (χ4n) is 2.01. The quantitative estimate of drug-likeness (QED) is 0.483. The maximum Gasteiger partial charge on any atom is 0.348 e. The minimum absolute atomic E-state index is 0.0763. The summed E-state index contributed by atoms with van der Waals surface area (Å²) in [4.78, 5) is 23.6. The van der Waals surface area contributed by atoms with Crippen molar-refractivity contribution < 1.29 is 19.1 Å². The molecule has 106 valence electrons. The van der Waals surface area contributed by atoms with Crippen LogP contribution in [0.15, 0.2) is 29.8 Å². The molecule has 1 aromatic carbocycles. The van der Waals surface area contributed by atoms with Crippen LogP contribution in [0.25, 0.3) is 6.08 Å². The molecule has 0 N–H and O–H groups in total. The molecule has 1 aliphatic rings. The third-order valence-electron chi connectivity index (χ3n) is 2.95. The third-order valence-corrected chi connectivity index (χ3v) is 2.95. The van der Waals surface area contributed by atoms with Crippen LogP contribution < -0.4 is 0 Å². The van der Waals surface area contributed by atoms with Crippen molar-refractivity contribution >= 4 is 18.0 Å². The SMILES string of the molecule is CCCc1ccc(C=C2C(=O)OC(C)(C)OC2=O)cc1. The fraction of sp³-hybridized carbons (Fsp3) is 0.375. The number of hydrogen-bond acceptors (Lipinski definition) is 4. The first kappa shape index (κ1) is 14.3. The van der Waals surface area contributed by atoms with Crippen molar-refractivity contribution in [1.82, 2.24) is 0 Å². The summed E-state index contributed by atoms with van der Waals surface area (Å²) in [5, 5.41) is 0. The highest BCUT2D eigenvalue weighted by Gasteiger charge is 2.38. The largest absolute Gasteiger partial charge is 0.419 e. The van der Waals surface area contributed by atoms with Gasteiger partial charge in [0, 0.05) is 13.8 Å². The van der Waals surface area contributed by atoms with E-state index < -0.39 is 17.7 Å². The lowest BCUT2D eigenvalue weighted by atomic mass is 10.1. The van der Waals surface area contributed by atoms with E-state index in [1.165, 1.54) is 25.5 Å². The Morgan fingerprint density at radius 2 is 1.60 bits per heavy atom. The zero-order chi connectivity index (χ0) is 14.8. The van der Waals surface area contributed by atoms with Crippen molar-refractivity contribution in [2.24, 2.45) is 0 Å². The second kappa shape index (κ2) is 5.49. The summed E-state index contributed by atoms with van der Waals surface area (Å²) in [5.74, 6) is -2.50. The summed E-state index contributed by atoms with van der Waals surface area (Å²) in [6, 6.07) is 7.72. The van der Waals surface area contributed by atoms with Crippen LogP contribution in [0.2, 0.25) is 0 Å². The number of carbonyl (C=O) groups is 2. The number of benzene rings is 1. The molecule has 1 aromatic rings. The average Bonchev–Trinajstić information content (AvgIpc) is 2.35. The molecule has 0 aromatic heterocycles. The van der Waals surface area contributed by atoms with Crippen LogP contribution in [-0.2, 0) is 25.5 Å². The van der Waals surface area contributed by atoms with E-state index in [1.54, 1.807) is 0 Å². The van der Waals surface area contributed by atoms with Gasteiger partial charge in [0.1, 0.15) is 5.57 Å².